The van der Waals surface area contributed by atoms with Gasteiger partial charge in [0.2, 0.25) is 11.8 Å². The first-order valence-electron chi connectivity index (χ1n) is 11.6. The fourth-order valence-corrected chi connectivity index (χ4v) is 3.29. The second-order valence-electron chi connectivity index (χ2n) is 9.21. The molecular weight excluding hydrogens is 406 g/mol. The minimum absolute atomic E-state index is 0.210. The fraction of sp³-hybridized carbons (Fsp3) is 0.640. The molecule has 0 aliphatic carbocycles. The van der Waals surface area contributed by atoms with Crippen LogP contribution in [0.2, 0.25) is 0 Å². The standard InChI is InChI=1S/C25H41N3O4/c1-8-10-15-26-22(29)21(20-14-12-13-18(3)17-20)28(16-11-9-2)23(30)19(4)27-24(31)32-25(5,6)7/h12-14,17,19,21H,8-11,15-16H2,1-7H3,(H,26,29)(H,27,31). The normalized spacial score (nSPS) is 13.1. The lowest BCUT2D eigenvalue weighted by molar-refractivity contribution is -0.142. The highest BCUT2D eigenvalue weighted by Gasteiger charge is 2.34. The second-order valence-corrected chi connectivity index (χ2v) is 9.21. The molecule has 2 N–H and O–H groups in total. The van der Waals surface area contributed by atoms with Crippen molar-refractivity contribution in [1.82, 2.24) is 15.5 Å². The second kappa shape index (κ2) is 13.1. The molecule has 32 heavy (non-hydrogen) atoms. The topological polar surface area (TPSA) is 87.7 Å². The van der Waals surface area contributed by atoms with Gasteiger partial charge < -0.3 is 20.3 Å². The van der Waals surface area contributed by atoms with E-state index in [-0.39, 0.29) is 11.8 Å². The summed E-state index contributed by atoms with van der Waals surface area (Å²) >= 11 is 0. The van der Waals surface area contributed by atoms with Gasteiger partial charge in [0.1, 0.15) is 17.7 Å². The van der Waals surface area contributed by atoms with Gasteiger partial charge in [-0.15, -0.1) is 0 Å². The van der Waals surface area contributed by atoms with E-state index in [1.165, 1.54) is 0 Å². The highest BCUT2D eigenvalue weighted by Crippen LogP contribution is 2.24. The van der Waals surface area contributed by atoms with Crippen molar-refractivity contribution in [3.8, 4) is 0 Å². The van der Waals surface area contributed by atoms with Crippen LogP contribution in [0.4, 0.5) is 4.79 Å². The van der Waals surface area contributed by atoms with Gasteiger partial charge in [-0.2, -0.15) is 0 Å². The third-order valence-electron chi connectivity index (χ3n) is 4.89. The number of hydrogen-bond acceptors (Lipinski definition) is 4. The molecule has 0 radical (unpaired) electrons. The van der Waals surface area contributed by atoms with Crippen molar-refractivity contribution in [2.45, 2.75) is 91.8 Å². The van der Waals surface area contributed by atoms with Crippen LogP contribution in [0, 0.1) is 6.92 Å². The molecule has 3 amide bonds. The Bertz CT molecular complexity index is 758. The average molecular weight is 448 g/mol. The Morgan fingerprint density at radius 2 is 1.75 bits per heavy atom. The Morgan fingerprint density at radius 1 is 1.09 bits per heavy atom. The lowest BCUT2D eigenvalue weighted by Crippen LogP contribution is -2.52. The summed E-state index contributed by atoms with van der Waals surface area (Å²) in [6.07, 6.45) is 2.79. The SMILES string of the molecule is CCCCNC(=O)C(c1cccc(C)c1)N(CCCC)C(=O)C(C)NC(=O)OC(C)(C)C. The van der Waals surface area contributed by atoms with Gasteiger partial charge >= 0.3 is 6.09 Å². The van der Waals surface area contributed by atoms with E-state index in [9.17, 15) is 14.4 Å². The van der Waals surface area contributed by atoms with Gasteiger partial charge in [0.25, 0.3) is 0 Å². The van der Waals surface area contributed by atoms with Crippen LogP contribution in [-0.4, -0.2) is 47.5 Å². The van der Waals surface area contributed by atoms with Gasteiger partial charge in [0, 0.05) is 13.1 Å². The van der Waals surface area contributed by atoms with Crippen LogP contribution in [0.5, 0.6) is 0 Å². The Hall–Kier alpha value is -2.57. The number of ether oxygens (including phenoxy) is 1. The predicted octanol–water partition coefficient (Wildman–Crippen LogP) is 4.49. The number of aryl methyl sites for hydroxylation is 1. The van der Waals surface area contributed by atoms with E-state index in [4.69, 9.17) is 4.74 Å². The van der Waals surface area contributed by atoms with Gasteiger partial charge in [-0.1, -0.05) is 56.5 Å². The molecule has 0 aromatic heterocycles. The van der Waals surface area contributed by atoms with Gasteiger partial charge in [0.05, 0.1) is 0 Å². The van der Waals surface area contributed by atoms with E-state index in [1.54, 1.807) is 32.6 Å². The summed E-state index contributed by atoms with van der Waals surface area (Å²) in [4.78, 5) is 40.5. The molecule has 2 atom stereocenters. The largest absolute Gasteiger partial charge is 0.444 e. The van der Waals surface area contributed by atoms with Gasteiger partial charge in [-0.25, -0.2) is 4.79 Å². The van der Waals surface area contributed by atoms with E-state index >= 15 is 0 Å². The smallest absolute Gasteiger partial charge is 0.408 e. The monoisotopic (exact) mass is 447 g/mol. The van der Waals surface area contributed by atoms with Crippen molar-refractivity contribution in [3.05, 3.63) is 35.4 Å². The number of alkyl carbamates (subject to hydrolysis) is 1. The van der Waals surface area contributed by atoms with Crippen LogP contribution in [0.15, 0.2) is 24.3 Å². The van der Waals surface area contributed by atoms with Crippen molar-refractivity contribution >= 4 is 17.9 Å². The molecule has 7 nitrogen and oxygen atoms in total. The zero-order valence-electron chi connectivity index (χ0n) is 20.8. The molecule has 1 aromatic rings. The van der Waals surface area contributed by atoms with Crippen molar-refractivity contribution in [1.29, 1.82) is 0 Å². The van der Waals surface area contributed by atoms with Gasteiger partial charge in [-0.3, -0.25) is 9.59 Å². The summed E-state index contributed by atoms with van der Waals surface area (Å²) in [6.45, 7) is 13.9. The van der Waals surface area contributed by atoms with Crippen molar-refractivity contribution in [3.63, 3.8) is 0 Å². The number of nitrogens with zero attached hydrogens (tertiary/aromatic N) is 1. The maximum atomic E-state index is 13.5. The first-order valence-corrected chi connectivity index (χ1v) is 11.6. The zero-order chi connectivity index (χ0) is 24.3. The summed E-state index contributed by atoms with van der Waals surface area (Å²) in [7, 11) is 0. The number of unbranched alkanes of at least 4 members (excludes halogenated alkanes) is 2. The van der Waals surface area contributed by atoms with E-state index in [0.29, 0.717) is 13.1 Å². The third kappa shape index (κ3) is 9.28. The Kier molecular flexibility index (Phi) is 11.2. The summed E-state index contributed by atoms with van der Waals surface area (Å²) in [6, 6.07) is 6.05. The van der Waals surface area contributed by atoms with Crippen molar-refractivity contribution in [2.75, 3.05) is 13.1 Å². The molecule has 1 aromatic carbocycles. The first-order chi connectivity index (χ1) is 15.0. The minimum atomic E-state index is -0.836. The summed E-state index contributed by atoms with van der Waals surface area (Å²) < 4.78 is 5.29. The summed E-state index contributed by atoms with van der Waals surface area (Å²) in [5.74, 6) is -0.528. The molecule has 0 aliphatic rings. The molecule has 7 heteroatoms. The van der Waals surface area contributed by atoms with Gasteiger partial charge in [-0.05, 0) is 53.0 Å². The summed E-state index contributed by atoms with van der Waals surface area (Å²) in [5.41, 5.74) is 1.10. The molecule has 180 valence electrons. The molecular formula is C25H41N3O4. The molecule has 0 saturated carbocycles. The molecule has 0 aliphatic heterocycles. The Labute approximate surface area is 193 Å². The number of amides is 3. The number of benzene rings is 1. The van der Waals surface area contributed by atoms with Crippen LogP contribution >= 0.6 is 0 Å². The van der Waals surface area contributed by atoms with Gasteiger partial charge in [0.15, 0.2) is 0 Å². The van der Waals surface area contributed by atoms with Crippen molar-refractivity contribution in [2.24, 2.45) is 0 Å². The molecule has 0 spiro atoms. The number of carbonyl (C=O) groups excluding carboxylic acids is 3. The average Bonchev–Trinajstić information content (AvgIpc) is 2.69. The van der Waals surface area contributed by atoms with E-state index < -0.39 is 23.8 Å². The number of hydrogen-bond donors (Lipinski definition) is 2. The Morgan fingerprint density at radius 3 is 2.31 bits per heavy atom. The highest BCUT2D eigenvalue weighted by molar-refractivity contribution is 5.92. The van der Waals surface area contributed by atoms with Crippen LogP contribution < -0.4 is 10.6 Å². The van der Waals surface area contributed by atoms with Crippen LogP contribution in [0.25, 0.3) is 0 Å². The third-order valence-corrected chi connectivity index (χ3v) is 4.89. The van der Waals surface area contributed by atoms with E-state index in [1.807, 2.05) is 38.1 Å². The molecule has 0 bridgehead atoms. The minimum Gasteiger partial charge on any atom is -0.444 e. The zero-order valence-corrected chi connectivity index (χ0v) is 20.8. The lowest BCUT2D eigenvalue weighted by Gasteiger charge is -2.34. The lowest BCUT2D eigenvalue weighted by atomic mass is 10.0. The van der Waals surface area contributed by atoms with Crippen LogP contribution in [0.3, 0.4) is 0 Å². The fourth-order valence-electron chi connectivity index (χ4n) is 3.29. The maximum absolute atomic E-state index is 13.5. The maximum Gasteiger partial charge on any atom is 0.408 e. The molecule has 2 unspecified atom stereocenters. The first kappa shape index (κ1) is 27.5. The molecule has 0 heterocycles. The van der Waals surface area contributed by atoms with Crippen molar-refractivity contribution < 1.29 is 19.1 Å². The number of nitrogens with one attached hydrogen (secondary N) is 2. The van der Waals surface area contributed by atoms with Crippen LogP contribution in [-0.2, 0) is 14.3 Å². The number of rotatable bonds is 11. The molecule has 1 rings (SSSR count). The molecule has 0 fully saturated rings. The number of carbonyl (C=O) groups is 3. The highest BCUT2D eigenvalue weighted by atomic mass is 16.6. The summed E-state index contributed by atoms with van der Waals surface area (Å²) in [5, 5.41) is 5.60. The van der Waals surface area contributed by atoms with Crippen LogP contribution in [0.1, 0.15) is 84.4 Å². The van der Waals surface area contributed by atoms with E-state index in [2.05, 4.69) is 17.6 Å². The quantitative estimate of drug-likeness (QED) is 0.489. The Balaban J connectivity index is 3.22. The predicted molar refractivity (Wildman–Crippen MR) is 127 cm³/mol. The molecule has 0 saturated heterocycles. The van der Waals surface area contributed by atoms with E-state index in [0.717, 1.165) is 36.8 Å².